The number of aromatic nitrogens is 2. The Morgan fingerprint density at radius 2 is 1.74 bits per heavy atom. The molecule has 0 aliphatic rings. The van der Waals surface area contributed by atoms with Gasteiger partial charge in [-0.15, -0.1) is 22.7 Å². The molecule has 2 heterocycles. The molecule has 0 saturated heterocycles. The number of rotatable bonds is 2. The van der Waals surface area contributed by atoms with Crippen molar-refractivity contribution in [1.29, 1.82) is 0 Å². The fraction of sp³-hybridized carbons (Fsp3) is 0.111. The summed E-state index contributed by atoms with van der Waals surface area (Å²) in [5, 5.41) is 8.47. The highest BCUT2D eigenvalue weighted by molar-refractivity contribution is 9.11. The summed E-state index contributed by atoms with van der Waals surface area (Å²) >= 11 is 8.11. The van der Waals surface area contributed by atoms with Crippen LogP contribution in [0.15, 0.2) is 18.5 Å². The van der Waals surface area contributed by atoms with Crippen LogP contribution in [0.4, 0.5) is 0 Å². The minimum absolute atomic E-state index is 0.0284. The maximum atomic E-state index is 10.8. The number of thiazole rings is 2. The van der Waals surface area contributed by atoms with Gasteiger partial charge in [-0.25, -0.2) is 19.6 Å². The van der Waals surface area contributed by atoms with Crippen LogP contribution >= 0.6 is 54.5 Å². The van der Waals surface area contributed by atoms with Crippen molar-refractivity contribution in [1.82, 2.24) is 9.97 Å². The summed E-state index contributed by atoms with van der Waals surface area (Å²) in [6.45, 7) is 0. The SMILES string of the molecule is [2H]c1sc(Br)nc1C(=O)O.[2H]c1sc(Br)nc1C(=O)OC. The first-order valence-corrected chi connectivity index (χ1v) is 7.55. The molecule has 2 rings (SSSR count). The Balaban J connectivity index is 0.000000211. The van der Waals surface area contributed by atoms with Gasteiger partial charge in [-0.1, -0.05) is 0 Å². The molecule has 6 nitrogen and oxygen atoms in total. The minimum atomic E-state index is -1.16. The predicted molar refractivity (Wildman–Crippen MR) is 77.9 cm³/mol. The molecule has 0 bridgehead atoms. The van der Waals surface area contributed by atoms with Gasteiger partial charge in [0.15, 0.2) is 19.2 Å². The van der Waals surface area contributed by atoms with Gasteiger partial charge < -0.3 is 9.84 Å². The first kappa shape index (κ1) is 13.2. The average Bonchev–Trinajstić information content (AvgIpc) is 2.91. The highest BCUT2D eigenvalue weighted by atomic mass is 79.9. The first-order valence-electron chi connectivity index (χ1n) is 5.33. The summed E-state index contributed by atoms with van der Waals surface area (Å²) in [7, 11) is 1.26. The van der Waals surface area contributed by atoms with Crippen LogP contribution in [-0.2, 0) is 4.74 Å². The van der Waals surface area contributed by atoms with E-state index >= 15 is 0 Å². The van der Waals surface area contributed by atoms with E-state index in [0.717, 1.165) is 22.7 Å². The third kappa shape index (κ3) is 5.35. The van der Waals surface area contributed by atoms with E-state index in [1.807, 2.05) is 0 Å². The van der Waals surface area contributed by atoms with Crippen LogP contribution in [0.3, 0.4) is 0 Å². The van der Waals surface area contributed by atoms with Crippen molar-refractivity contribution in [2.45, 2.75) is 0 Å². The lowest BCUT2D eigenvalue weighted by Crippen LogP contribution is -2.00. The van der Waals surface area contributed by atoms with E-state index in [1.165, 1.54) is 7.11 Å². The molecule has 0 aromatic carbocycles. The summed E-state index contributed by atoms with van der Waals surface area (Å²) in [6.07, 6.45) is 0. The predicted octanol–water partition coefficient (Wildman–Crippen LogP) is 3.30. The maximum absolute atomic E-state index is 10.8. The molecule has 0 unspecified atom stereocenters. The standard InChI is InChI=1S/C5H4BrNO2S.C4H2BrNO2S/c1-9-4(8)3-2-10-5(6)7-3;5-4-6-2(1-9-4)3(7)8/h2H,1H3;1H,(H,7,8)/i2D;1D. The lowest BCUT2D eigenvalue weighted by Gasteiger charge is -1.89. The molecule has 10 heteroatoms. The molecule has 102 valence electrons. The fourth-order valence-corrected chi connectivity index (χ4v) is 2.46. The molecular weight excluding hydrogens is 424 g/mol. The highest BCUT2D eigenvalue weighted by Gasteiger charge is 2.08. The fourth-order valence-electron chi connectivity index (χ4n) is 0.723. The quantitative estimate of drug-likeness (QED) is 0.733. The number of esters is 1. The molecule has 19 heavy (non-hydrogen) atoms. The summed E-state index contributed by atoms with van der Waals surface area (Å²) in [5.74, 6) is -1.73. The summed E-state index contributed by atoms with van der Waals surface area (Å²) in [6, 6.07) is 0. The zero-order valence-electron chi connectivity index (χ0n) is 11.1. The number of hydrogen-bond donors (Lipinski definition) is 1. The molecule has 0 aliphatic carbocycles. The van der Waals surface area contributed by atoms with Crippen molar-refractivity contribution >= 4 is 66.5 Å². The van der Waals surface area contributed by atoms with E-state index in [2.05, 4.69) is 46.6 Å². The second-order valence-corrected chi connectivity index (χ2v) is 6.77. The molecule has 2 aromatic rings. The van der Waals surface area contributed by atoms with Gasteiger partial charge >= 0.3 is 11.9 Å². The van der Waals surface area contributed by atoms with Crippen molar-refractivity contribution in [2.24, 2.45) is 0 Å². The van der Waals surface area contributed by atoms with Gasteiger partial charge in [-0.2, -0.15) is 0 Å². The smallest absolute Gasteiger partial charge is 0.357 e. The zero-order chi connectivity index (χ0) is 16.2. The number of halogens is 2. The number of nitrogens with zero attached hydrogens (tertiary/aromatic N) is 2. The third-order valence-electron chi connectivity index (χ3n) is 1.44. The zero-order valence-corrected chi connectivity index (χ0v) is 13.9. The maximum Gasteiger partial charge on any atom is 0.357 e. The van der Waals surface area contributed by atoms with Crippen LogP contribution in [0.1, 0.15) is 23.7 Å². The molecular formula is C9H6Br2N2O4S2. The number of aromatic carboxylic acids is 1. The van der Waals surface area contributed by atoms with Crippen LogP contribution in [0.5, 0.6) is 0 Å². The van der Waals surface area contributed by atoms with Gasteiger partial charge in [0.1, 0.15) is 0 Å². The molecule has 1 N–H and O–H groups in total. The molecule has 0 saturated carbocycles. The van der Waals surface area contributed by atoms with Gasteiger partial charge in [-0.3, -0.25) is 0 Å². The van der Waals surface area contributed by atoms with Crippen molar-refractivity contribution in [2.75, 3.05) is 7.11 Å². The Hall–Kier alpha value is -0.840. The topological polar surface area (TPSA) is 89.4 Å². The minimum Gasteiger partial charge on any atom is -0.476 e. The van der Waals surface area contributed by atoms with Gasteiger partial charge in [0.25, 0.3) is 0 Å². The van der Waals surface area contributed by atoms with E-state index in [9.17, 15) is 9.59 Å². The van der Waals surface area contributed by atoms with Crippen molar-refractivity contribution in [3.63, 3.8) is 0 Å². The molecule has 0 atom stereocenters. The first-order chi connectivity index (χ1) is 9.76. The van der Waals surface area contributed by atoms with Crippen LogP contribution in [0.25, 0.3) is 0 Å². The Kier molecular flexibility index (Phi) is 5.32. The monoisotopic (exact) mass is 430 g/mol. The molecule has 2 aromatic heterocycles. The van der Waals surface area contributed by atoms with E-state index in [0.29, 0.717) is 7.83 Å². The van der Waals surface area contributed by atoms with Crippen LogP contribution in [-0.4, -0.2) is 34.1 Å². The number of carbonyl (C=O) groups is 2. The molecule has 0 amide bonds. The second-order valence-electron chi connectivity index (χ2n) is 2.63. The van der Waals surface area contributed by atoms with Crippen molar-refractivity contribution in [3.05, 3.63) is 29.9 Å². The number of carboxylic acids is 1. The normalized spacial score (nSPS) is 10.9. The van der Waals surface area contributed by atoms with Gasteiger partial charge in [0, 0.05) is 10.7 Å². The van der Waals surface area contributed by atoms with Gasteiger partial charge in [0.05, 0.1) is 9.85 Å². The number of methoxy groups -OCH3 is 1. The summed E-state index contributed by atoms with van der Waals surface area (Å²) < 4.78 is 19.7. The number of ether oxygens (including phenoxy) is 1. The van der Waals surface area contributed by atoms with Gasteiger partial charge in [0.2, 0.25) is 0 Å². The van der Waals surface area contributed by atoms with Crippen LogP contribution in [0, 0.1) is 0 Å². The third-order valence-corrected chi connectivity index (χ3v) is 3.88. The van der Waals surface area contributed by atoms with E-state index in [4.69, 9.17) is 7.85 Å². The van der Waals surface area contributed by atoms with Gasteiger partial charge in [-0.05, 0) is 31.9 Å². The Morgan fingerprint density at radius 1 is 1.26 bits per heavy atom. The van der Waals surface area contributed by atoms with E-state index < -0.39 is 11.9 Å². The largest absolute Gasteiger partial charge is 0.476 e. The lowest BCUT2D eigenvalue weighted by molar-refractivity contribution is 0.0594. The number of hydrogen-bond acceptors (Lipinski definition) is 7. The Labute approximate surface area is 135 Å². The van der Waals surface area contributed by atoms with Crippen molar-refractivity contribution in [3.8, 4) is 0 Å². The number of carboxylic acid groups (broad SMARTS) is 1. The van der Waals surface area contributed by atoms with Crippen molar-refractivity contribution < 1.29 is 22.2 Å². The Morgan fingerprint density at radius 3 is 2.00 bits per heavy atom. The average molecular weight is 432 g/mol. The highest BCUT2D eigenvalue weighted by Crippen LogP contribution is 2.16. The second kappa shape index (κ2) is 7.68. The molecule has 0 radical (unpaired) electrons. The summed E-state index contributed by atoms with van der Waals surface area (Å²) in [4.78, 5) is 28.4. The molecule has 0 fully saturated rings. The molecule has 0 spiro atoms. The summed E-state index contributed by atoms with van der Waals surface area (Å²) in [5.41, 5.74) is -0.138. The van der Waals surface area contributed by atoms with E-state index in [1.54, 1.807) is 0 Å². The van der Waals surface area contributed by atoms with Crippen LogP contribution < -0.4 is 0 Å². The number of carbonyl (C=O) groups excluding carboxylic acids is 1. The lowest BCUT2D eigenvalue weighted by atomic mass is 10.5. The Bertz CT molecular complexity index is 677. The van der Waals surface area contributed by atoms with Crippen LogP contribution in [0.2, 0.25) is 0 Å². The van der Waals surface area contributed by atoms with E-state index in [-0.39, 0.29) is 22.1 Å². The molecule has 0 aliphatic heterocycles.